The Morgan fingerprint density at radius 3 is 2.38 bits per heavy atom. The molecular weight excluding hydrogens is 312 g/mol. The lowest BCUT2D eigenvalue weighted by Crippen LogP contribution is -2.45. The van der Waals surface area contributed by atoms with Crippen molar-refractivity contribution in [1.29, 1.82) is 0 Å². The number of ether oxygens (including phenoxy) is 1. The van der Waals surface area contributed by atoms with E-state index in [0.717, 1.165) is 0 Å². The Morgan fingerprint density at radius 2 is 1.81 bits per heavy atom. The molecule has 1 N–H and O–H groups in total. The van der Waals surface area contributed by atoms with Gasteiger partial charge in [-0.2, -0.15) is 0 Å². The van der Waals surface area contributed by atoms with Gasteiger partial charge in [0.1, 0.15) is 12.4 Å². The number of para-hydroxylation sites is 1. The molecule has 0 saturated carbocycles. The van der Waals surface area contributed by atoms with Crippen LogP contribution in [0.3, 0.4) is 0 Å². The fourth-order valence-corrected chi connectivity index (χ4v) is 2.34. The summed E-state index contributed by atoms with van der Waals surface area (Å²) in [5, 5.41) is 3.12. The number of benzene rings is 1. The van der Waals surface area contributed by atoms with Gasteiger partial charge in [0.15, 0.2) is 0 Å². The molecule has 1 saturated heterocycles. The zero-order valence-electron chi connectivity index (χ0n) is 11.2. The summed E-state index contributed by atoms with van der Waals surface area (Å²) in [6.07, 6.45) is -4.78. The van der Waals surface area contributed by atoms with Crippen molar-refractivity contribution in [2.75, 3.05) is 32.9 Å². The van der Waals surface area contributed by atoms with Crippen LogP contribution in [0.5, 0.6) is 5.75 Å². The van der Waals surface area contributed by atoms with Crippen LogP contribution in [-0.2, 0) is 0 Å². The van der Waals surface area contributed by atoms with Gasteiger partial charge in [0.05, 0.1) is 6.04 Å². The van der Waals surface area contributed by atoms with Crippen LogP contribution >= 0.6 is 12.4 Å². The van der Waals surface area contributed by atoms with Crippen LogP contribution in [0.15, 0.2) is 24.3 Å². The number of alkyl halides is 4. The van der Waals surface area contributed by atoms with Crippen LogP contribution in [0, 0.1) is 0 Å². The van der Waals surface area contributed by atoms with Crippen LogP contribution in [0.2, 0.25) is 0 Å². The number of rotatable bonds is 4. The fraction of sp³-hybridized carbons (Fsp3) is 0.538. The zero-order valence-corrected chi connectivity index (χ0v) is 12.0. The first-order chi connectivity index (χ1) is 9.51. The van der Waals surface area contributed by atoms with E-state index in [0.29, 0.717) is 26.2 Å². The van der Waals surface area contributed by atoms with Gasteiger partial charge in [-0.25, -0.2) is 4.39 Å². The number of piperazine rings is 1. The monoisotopic (exact) mass is 328 g/mol. The first-order valence-electron chi connectivity index (χ1n) is 6.36. The van der Waals surface area contributed by atoms with Crippen molar-refractivity contribution in [3.8, 4) is 5.75 Å². The molecule has 120 valence electrons. The summed E-state index contributed by atoms with van der Waals surface area (Å²) in [7, 11) is 0. The van der Waals surface area contributed by atoms with Gasteiger partial charge in [-0.3, -0.25) is 4.90 Å². The highest BCUT2D eigenvalue weighted by atomic mass is 35.5. The minimum absolute atomic E-state index is 0. The molecule has 0 spiro atoms. The second-order valence-electron chi connectivity index (χ2n) is 4.54. The highest BCUT2D eigenvalue weighted by Crippen LogP contribution is 2.33. The van der Waals surface area contributed by atoms with E-state index in [4.69, 9.17) is 0 Å². The fourth-order valence-electron chi connectivity index (χ4n) is 2.34. The molecule has 1 atom stereocenters. The molecule has 1 heterocycles. The number of halogens is 5. The van der Waals surface area contributed by atoms with Crippen molar-refractivity contribution in [3.63, 3.8) is 0 Å². The van der Waals surface area contributed by atoms with Crippen LogP contribution in [0.4, 0.5) is 17.6 Å². The second-order valence-corrected chi connectivity index (χ2v) is 4.54. The van der Waals surface area contributed by atoms with Crippen molar-refractivity contribution in [3.05, 3.63) is 29.8 Å². The van der Waals surface area contributed by atoms with Gasteiger partial charge in [0.2, 0.25) is 0 Å². The molecule has 1 aromatic rings. The predicted molar refractivity (Wildman–Crippen MR) is 73.5 cm³/mol. The first-order valence-corrected chi connectivity index (χ1v) is 6.36. The minimum atomic E-state index is -4.78. The zero-order chi connectivity index (χ0) is 14.6. The summed E-state index contributed by atoms with van der Waals surface area (Å²) in [6, 6.07) is 5.01. The average molecular weight is 329 g/mol. The molecule has 1 aliphatic heterocycles. The summed E-state index contributed by atoms with van der Waals surface area (Å²) >= 11 is 0. The van der Waals surface area contributed by atoms with Gasteiger partial charge in [-0.05, 0) is 6.07 Å². The molecule has 0 unspecified atom stereocenters. The van der Waals surface area contributed by atoms with E-state index in [1.165, 1.54) is 18.2 Å². The Labute approximate surface area is 126 Å². The lowest BCUT2D eigenvalue weighted by atomic mass is 10.0. The second kappa shape index (κ2) is 7.82. The van der Waals surface area contributed by atoms with E-state index in [1.54, 1.807) is 6.07 Å². The normalized spacial score (nSPS) is 17.9. The van der Waals surface area contributed by atoms with Gasteiger partial charge in [0, 0.05) is 31.7 Å². The molecule has 1 aromatic carbocycles. The van der Waals surface area contributed by atoms with Gasteiger partial charge < -0.3 is 10.1 Å². The molecule has 21 heavy (non-hydrogen) atoms. The number of hydrogen-bond donors (Lipinski definition) is 1. The van der Waals surface area contributed by atoms with Crippen LogP contribution in [0.1, 0.15) is 11.6 Å². The van der Waals surface area contributed by atoms with E-state index >= 15 is 0 Å². The maximum atomic E-state index is 13.3. The van der Waals surface area contributed by atoms with Gasteiger partial charge in [0.25, 0.3) is 0 Å². The molecule has 0 amide bonds. The lowest BCUT2D eigenvalue weighted by molar-refractivity contribution is -0.275. The molecule has 0 aliphatic carbocycles. The largest absolute Gasteiger partial charge is 0.573 e. The van der Waals surface area contributed by atoms with E-state index in [9.17, 15) is 17.6 Å². The van der Waals surface area contributed by atoms with Crippen molar-refractivity contribution in [2.45, 2.75) is 12.4 Å². The molecule has 1 aliphatic rings. The highest BCUT2D eigenvalue weighted by Gasteiger charge is 2.34. The quantitative estimate of drug-likeness (QED) is 0.860. The Morgan fingerprint density at radius 1 is 1.19 bits per heavy atom. The Balaban J connectivity index is 0.00000220. The van der Waals surface area contributed by atoms with Gasteiger partial charge >= 0.3 is 6.36 Å². The summed E-state index contributed by atoms with van der Waals surface area (Å²) in [5.74, 6) is -0.332. The summed E-state index contributed by atoms with van der Waals surface area (Å²) < 4.78 is 54.5. The molecule has 0 aromatic heterocycles. The maximum Gasteiger partial charge on any atom is 0.573 e. The smallest absolute Gasteiger partial charge is 0.405 e. The van der Waals surface area contributed by atoms with Crippen molar-refractivity contribution in [2.24, 2.45) is 0 Å². The van der Waals surface area contributed by atoms with Crippen LogP contribution in [-0.4, -0.2) is 44.1 Å². The van der Waals surface area contributed by atoms with E-state index in [1.807, 2.05) is 4.90 Å². The predicted octanol–water partition coefficient (Wildman–Crippen LogP) is 2.92. The molecule has 2 rings (SSSR count). The highest BCUT2D eigenvalue weighted by molar-refractivity contribution is 5.85. The van der Waals surface area contributed by atoms with Crippen molar-refractivity contribution in [1.82, 2.24) is 10.2 Å². The van der Waals surface area contributed by atoms with Gasteiger partial charge in [-0.1, -0.05) is 18.2 Å². The third-order valence-corrected chi connectivity index (χ3v) is 3.24. The van der Waals surface area contributed by atoms with E-state index in [-0.39, 0.29) is 23.7 Å². The molecule has 8 heteroatoms. The number of nitrogens with zero attached hydrogens (tertiary/aromatic N) is 1. The minimum Gasteiger partial charge on any atom is -0.405 e. The standard InChI is InChI=1S/C13H16F4N2O.ClH/c14-9-11(19-7-5-18-6-8-19)10-3-1-2-4-12(10)20-13(15,16)17;/h1-4,11,18H,5-9H2;1H/t11-;/m0./s1. The number of nitrogens with one attached hydrogen (secondary N) is 1. The topological polar surface area (TPSA) is 24.5 Å². The third kappa shape index (κ3) is 5.01. The Hall–Kier alpha value is -1.05. The van der Waals surface area contributed by atoms with Crippen LogP contribution < -0.4 is 10.1 Å². The van der Waals surface area contributed by atoms with Crippen LogP contribution in [0.25, 0.3) is 0 Å². The molecule has 0 radical (unpaired) electrons. The SMILES string of the molecule is Cl.FC[C@@H](c1ccccc1OC(F)(F)F)N1CCNCC1. The molecular formula is C13H17ClF4N2O. The van der Waals surface area contributed by atoms with Crippen molar-refractivity contribution < 1.29 is 22.3 Å². The maximum absolute atomic E-state index is 13.3. The Kier molecular flexibility index (Phi) is 6.70. The molecule has 3 nitrogen and oxygen atoms in total. The number of hydrogen-bond acceptors (Lipinski definition) is 3. The lowest BCUT2D eigenvalue weighted by Gasteiger charge is -2.34. The van der Waals surface area contributed by atoms with E-state index < -0.39 is 19.1 Å². The van der Waals surface area contributed by atoms with Gasteiger partial charge in [-0.15, -0.1) is 25.6 Å². The summed E-state index contributed by atoms with van der Waals surface area (Å²) in [5.41, 5.74) is 0.231. The molecule has 1 fully saturated rings. The average Bonchev–Trinajstić information content (AvgIpc) is 2.41. The first kappa shape index (κ1) is 18.0. The third-order valence-electron chi connectivity index (χ3n) is 3.24. The van der Waals surface area contributed by atoms with E-state index in [2.05, 4.69) is 10.1 Å². The van der Waals surface area contributed by atoms with Crippen molar-refractivity contribution >= 4 is 12.4 Å². The summed E-state index contributed by atoms with van der Waals surface area (Å²) in [6.45, 7) is 1.82. The molecule has 0 bridgehead atoms. The Bertz CT molecular complexity index is 438. The summed E-state index contributed by atoms with van der Waals surface area (Å²) in [4.78, 5) is 1.83.